The predicted molar refractivity (Wildman–Crippen MR) is 43.3 cm³/mol. The maximum Gasteiger partial charge on any atom is 0.340 e. The van der Waals surface area contributed by atoms with Gasteiger partial charge in [-0.3, -0.25) is 0 Å². The molecule has 0 aliphatic carbocycles. The third-order valence-electron chi connectivity index (χ3n) is 1.33. The van der Waals surface area contributed by atoms with E-state index in [1.165, 1.54) is 0 Å². The van der Waals surface area contributed by atoms with Crippen LogP contribution in [0.3, 0.4) is 0 Å². The normalized spacial score (nSPS) is 10.2. The molecule has 0 fully saturated rings. The van der Waals surface area contributed by atoms with Crippen LogP contribution in [-0.2, 0) is 0 Å². The average molecular weight is 227 g/mol. The largest absolute Gasteiger partial charge is 0.478 e. The molecule has 70 valence electrons. The summed E-state index contributed by atoms with van der Waals surface area (Å²) in [6.07, 6.45) is 0. The summed E-state index contributed by atoms with van der Waals surface area (Å²) in [5, 5.41) is 7.06. The lowest BCUT2D eigenvalue weighted by atomic mass is 10.2. The molecule has 0 unspecified atom stereocenters. The molecule has 0 heterocycles. The topological polar surface area (TPSA) is 37.3 Å². The van der Waals surface area contributed by atoms with Crippen LogP contribution < -0.4 is 0 Å². The highest BCUT2D eigenvalue weighted by molar-refractivity contribution is 6.36. The van der Waals surface area contributed by atoms with Crippen molar-refractivity contribution in [2.75, 3.05) is 0 Å². The highest BCUT2D eigenvalue weighted by atomic mass is 35.5. The van der Waals surface area contributed by atoms with Gasteiger partial charge in [-0.2, -0.15) is 0 Å². The van der Waals surface area contributed by atoms with Crippen LogP contribution in [0.2, 0.25) is 10.0 Å². The van der Waals surface area contributed by atoms with Crippen molar-refractivity contribution >= 4 is 29.2 Å². The van der Waals surface area contributed by atoms with Crippen LogP contribution in [0.1, 0.15) is 10.4 Å². The van der Waals surface area contributed by atoms with Crippen LogP contribution in [0.4, 0.5) is 8.78 Å². The van der Waals surface area contributed by atoms with Gasteiger partial charge in [0.2, 0.25) is 0 Å². The first-order valence-corrected chi connectivity index (χ1v) is 3.77. The molecule has 0 aliphatic rings. The fourth-order valence-electron chi connectivity index (χ4n) is 0.762. The van der Waals surface area contributed by atoms with Gasteiger partial charge in [0.25, 0.3) is 0 Å². The molecule has 0 bridgehead atoms. The van der Waals surface area contributed by atoms with Gasteiger partial charge in [0, 0.05) is 0 Å². The summed E-state index contributed by atoms with van der Waals surface area (Å²) in [5.41, 5.74) is -0.913. The summed E-state index contributed by atoms with van der Waals surface area (Å²) in [6.45, 7) is 0. The zero-order valence-corrected chi connectivity index (χ0v) is 7.46. The van der Waals surface area contributed by atoms with Crippen LogP contribution in [0, 0.1) is 11.6 Å². The van der Waals surface area contributed by atoms with E-state index in [1.807, 2.05) is 0 Å². The SMILES string of the molecule is O=C(O)c1c(F)cc(Cl)c(F)c1Cl. The van der Waals surface area contributed by atoms with Crippen LogP contribution in [0.25, 0.3) is 0 Å². The predicted octanol–water partition coefficient (Wildman–Crippen LogP) is 2.97. The Morgan fingerprint density at radius 1 is 1.38 bits per heavy atom. The molecular weight excluding hydrogens is 225 g/mol. The van der Waals surface area contributed by atoms with Crippen molar-refractivity contribution in [1.29, 1.82) is 0 Å². The number of carbonyl (C=O) groups is 1. The Balaban J connectivity index is 3.53. The van der Waals surface area contributed by atoms with Gasteiger partial charge >= 0.3 is 5.97 Å². The standard InChI is InChI=1S/C7H2Cl2F2O2/c8-2-1-3(10)4(7(12)13)5(9)6(2)11/h1H,(H,12,13). The zero-order valence-electron chi connectivity index (χ0n) is 5.94. The third-order valence-corrected chi connectivity index (χ3v) is 1.96. The average Bonchev–Trinajstić information content (AvgIpc) is 1.99. The van der Waals surface area contributed by atoms with E-state index >= 15 is 0 Å². The summed E-state index contributed by atoms with van der Waals surface area (Å²) in [5.74, 6) is -3.94. The summed E-state index contributed by atoms with van der Waals surface area (Å²) < 4.78 is 25.7. The fraction of sp³-hybridized carbons (Fsp3) is 0. The van der Waals surface area contributed by atoms with E-state index in [2.05, 4.69) is 0 Å². The summed E-state index contributed by atoms with van der Waals surface area (Å²) in [4.78, 5) is 10.4. The molecule has 13 heavy (non-hydrogen) atoms. The van der Waals surface area contributed by atoms with E-state index in [9.17, 15) is 13.6 Å². The quantitative estimate of drug-likeness (QED) is 0.591. The second-order valence-corrected chi connectivity index (χ2v) is 2.93. The smallest absolute Gasteiger partial charge is 0.340 e. The van der Waals surface area contributed by atoms with Crippen molar-refractivity contribution < 1.29 is 18.7 Å². The van der Waals surface area contributed by atoms with Gasteiger partial charge in [0.15, 0.2) is 5.82 Å². The lowest BCUT2D eigenvalue weighted by Gasteiger charge is -2.02. The molecule has 0 atom stereocenters. The first-order valence-electron chi connectivity index (χ1n) is 3.01. The number of halogens is 4. The molecule has 1 rings (SSSR count). The lowest BCUT2D eigenvalue weighted by Crippen LogP contribution is -2.03. The maximum atomic E-state index is 12.8. The Hall–Kier alpha value is -0.870. The number of rotatable bonds is 1. The van der Waals surface area contributed by atoms with Gasteiger partial charge in [-0.1, -0.05) is 23.2 Å². The minimum atomic E-state index is -1.64. The maximum absolute atomic E-state index is 12.8. The molecule has 0 amide bonds. The minimum Gasteiger partial charge on any atom is -0.478 e. The third kappa shape index (κ3) is 1.73. The van der Waals surface area contributed by atoms with Gasteiger partial charge in [-0.05, 0) is 6.07 Å². The molecule has 0 radical (unpaired) electrons. The Labute approximate surface area is 81.7 Å². The van der Waals surface area contributed by atoms with E-state index in [0.29, 0.717) is 6.07 Å². The first-order chi connectivity index (χ1) is 5.95. The second-order valence-electron chi connectivity index (χ2n) is 2.15. The minimum absolute atomic E-state index is 0.549. The second kappa shape index (κ2) is 3.47. The zero-order chi connectivity index (χ0) is 10.2. The number of carboxylic acid groups (broad SMARTS) is 1. The fourth-order valence-corrected chi connectivity index (χ4v) is 1.27. The van der Waals surface area contributed by atoms with Crippen molar-refractivity contribution in [2.24, 2.45) is 0 Å². The monoisotopic (exact) mass is 226 g/mol. The van der Waals surface area contributed by atoms with Crippen LogP contribution in [0.15, 0.2) is 6.07 Å². The van der Waals surface area contributed by atoms with Crippen molar-refractivity contribution in [1.82, 2.24) is 0 Å². The Kier molecular flexibility index (Phi) is 2.73. The van der Waals surface area contributed by atoms with Crippen LogP contribution in [0.5, 0.6) is 0 Å². The molecule has 0 saturated heterocycles. The highest BCUT2D eigenvalue weighted by Gasteiger charge is 2.21. The number of benzene rings is 1. The Bertz CT molecular complexity index is 379. The molecule has 1 aromatic rings. The molecule has 0 saturated carbocycles. The number of carboxylic acids is 1. The van der Waals surface area contributed by atoms with Gasteiger partial charge in [-0.25, -0.2) is 13.6 Å². The Morgan fingerprint density at radius 3 is 2.38 bits per heavy atom. The van der Waals surface area contributed by atoms with Gasteiger partial charge in [0.05, 0.1) is 10.0 Å². The molecular formula is C7H2Cl2F2O2. The highest BCUT2D eigenvalue weighted by Crippen LogP contribution is 2.28. The summed E-state index contributed by atoms with van der Waals surface area (Å²) >= 11 is 10.4. The van der Waals surface area contributed by atoms with Crippen molar-refractivity contribution in [3.05, 3.63) is 33.3 Å². The van der Waals surface area contributed by atoms with Gasteiger partial charge in [-0.15, -0.1) is 0 Å². The molecule has 1 N–H and O–H groups in total. The van der Waals surface area contributed by atoms with Crippen molar-refractivity contribution in [3.8, 4) is 0 Å². The molecule has 2 nitrogen and oxygen atoms in total. The van der Waals surface area contributed by atoms with Gasteiger partial charge in [0.1, 0.15) is 11.4 Å². The van der Waals surface area contributed by atoms with E-state index in [0.717, 1.165) is 0 Å². The molecule has 0 aromatic heterocycles. The first kappa shape index (κ1) is 10.2. The number of aromatic carboxylic acids is 1. The van der Waals surface area contributed by atoms with Crippen LogP contribution >= 0.6 is 23.2 Å². The number of hydrogen-bond acceptors (Lipinski definition) is 1. The molecule has 0 aliphatic heterocycles. The lowest BCUT2D eigenvalue weighted by molar-refractivity contribution is 0.0691. The van der Waals surface area contributed by atoms with Crippen LogP contribution in [-0.4, -0.2) is 11.1 Å². The van der Waals surface area contributed by atoms with Gasteiger partial charge < -0.3 is 5.11 Å². The van der Waals surface area contributed by atoms with E-state index < -0.39 is 33.2 Å². The molecule has 1 aromatic carbocycles. The number of hydrogen-bond donors (Lipinski definition) is 1. The van der Waals surface area contributed by atoms with Crippen molar-refractivity contribution in [2.45, 2.75) is 0 Å². The van der Waals surface area contributed by atoms with E-state index in [-0.39, 0.29) is 0 Å². The molecule has 6 heteroatoms. The van der Waals surface area contributed by atoms with Crippen molar-refractivity contribution in [3.63, 3.8) is 0 Å². The van der Waals surface area contributed by atoms with E-state index in [4.69, 9.17) is 28.3 Å². The van der Waals surface area contributed by atoms with E-state index in [1.54, 1.807) is 0 Å². The summed E-state index contributed by atoms with van der Waals surface area (Å²) in [6, 6.07) is 0.562. The Morgan fingerprint density at radius 2 is 1.92 bits per heavy atom. The molecule has 0 spiro atoms. The summed E-state index contributed by atoms with van der Waals surface area (Å²) in [7, 11) is 0.